The second-order valence-corrected chi connectivity index (χ2v) is 8.73. The van der Waals surface area contributed by atoms with Gasteiger partial charge >= 0.3 is 6.18 Å². The van der Waals surface area contributed by atoms with Crippen molar-refractivity contribution >= 4 is 22.6 Å². The van der Waals surface area contributed by atoms with E-state index in [1.165, 1.54) is 35.0 Å². The Labute approximate surface area is 214 Å². The van der Waals surface area contributed by atoms with Gasteiger partial charge in [0, 0.05) is 29.8 Å². The molecular formula is C27H22F4N6O. The average Bonchev–Trinajstić information content (AvgIpc) is 3.51. The minimum atomic E-state index is -4.62. The molecule has 0 fully saturated rings. The number of fused-ring (bicyclic) bond motifs is 1. The van der Waals surface area contributed by atoms with Crippen molar-refractivity contribution in [3.05, 3.63) is 95.7 Å². The Morgan fingerprint density at radius 3 is 2.45 bits per heavy atom. The Morgan fingerprint density at radius 1 is 1.03 bits per heavy atom. The molecule has 0 aliphatic carbocycles. The third kappa shape index (κ3) is 4.75. The van der Waals surface area contributed by atoms with Crippen molar-refractivity contribution in [1.29, 1.82) is 0 Å². The van der Waals surface area contributed by atoms with Crippen LogP contribution < -0.4 is 11.1 Å². The summed E-state index contributed by atoms with van der Waals surface area (Å²) >= 11 is 0. The maximum Gasteiger partial charge on any atom is 0.407 e. The van der Waals surface area contributed by atoms with E-state index < -0.39 is 24.8 Å². The number of para-hydroxylation sites is 1. The van der Waals surface area contributed by atoms with Gasteiger partial charge in [0.05, 0.1) is 16.9 Å². The summed E-state index contributed by atoms with van der Waals surface area (Å²) in [5.74, 6) is -0.250. The smallest absolute Gasteiger partial charge is 0.316 e. The monoisotopic (exact) mass is 522 g/mol. The van der Waals surface area contributed by atoms with Gasteiger partial charge in [0.15, 0.2) is 0 Å². The van der Waals surface area contributed by atoms with Crippen molar-refractivity contribution in [2.45, 2.75) is 18.9 Å². The number of aryl methyl sites for hydroxylation is 1. The molecule has 0 bridgehead atoms. The zero-order chi connectivity index (χ0) is 27.0. The summed E-state index contributed by atoms with van der Waals surface area (Å²) in [5.41, 5.74) is 7.68. The van der Waals surface area contributed by atoms with Gasteiger partial charge in [-0.1, -0.05) is 30.3 Å². The summed E-state index contributed by atoms with van der Waals surface area (Å²) in [6.45, 7) is -0.735. The highest BCUT2D eigenvalue weighted by molar-refractivity contribution is 6.09. The minimum Gasteiger partial charge on any atom is -0.316 e. The fourth-order valence-corrected chi connectivity index (χ4v) is 4.17. The molecule has 5 aromatic rings. The van der Waals surface area contributed by atoms with E-state index in [-0.39, 0.29) is 22.5 Å². The summed E-state index contributed by atoms with van der Waals surface area (Å²) in [6, 6.07) is 16.9. The van der Waals surface area contributed by atoms with Crippen LogP contribution in [0.15, 0.2) is 79.0 Å². The molecule has 194 valence electrons. The quantitative estimate of drug-likeness (QED) is 0.280. The standard InChI is InChI=1S/C27H22F4N6O/c1-36-12-11-22(34-36)21-13-17(7-8-18(21)15-28)26(38)33-25-20-10-9-16(24(32)27(29,30)31)14-23(20)35-37(25)19-5-3-2-4-6-19/h2-14,24H,15,32H2,1H3,(H,33,38)/t24-/m1/s1. The van der Waals surface area contributed by atoms with Crippen LogP contribution in [0.1, 0.15) is 27.5 Å². The van der Waals surface area contributed by atoms with Crippen molar-refractivity contribution in [3.63, 3.8) is 0 Å². The minimum absolute atomic E-state index is 0.151. The molecule has 1 atom stereocenters. The summed E-state index contributed by atoms with van der Waals surface area (Å²) in [7, 11) is 1.73. The third-order valence-electron chi connectivity index (χ3n) is 6.15. The van der Waals surface area contributed by atoms with Gasteiger partial charge in [0.25, 0.3) is 5.91 Å². The molecule has 1 amide bonds. The van der Waals surface area contributed by atoms with E-state index in [0.29, 0.717) is 27.9 Å². The summed E-state index contributed by atoms with van der Waals surface area (Å²) in [5, 5.41) is 12.0. The molecular weight excluding hydrogens is 500 g/mol. The lowest BCUT2D eigenvalue weighted by Gasteiger charge is -2.15. The lowest BCUT2D eigenvalue weighted by atomic mass is 10.0. The van der Waals surface area contributed by atoms with Crippen molar-refractivity contribution in [1.82, 2.24) is 19.6 Å². The number of nitrogens with one attached hydrogen (secondary N) is 1. The van der Waals surface area contributed by atoms with Crippen LogP contribution >= 0.6 is 0 Å². The highest BCUT2D eigenvalue weighted by atomic mass is 19.4. The maximum atomic E-state index is 13.7. The molecule has 0 saturated carbocycles. The fraction of sp³-hybridized carbons (Fsp3) is 0.148. The number of benzene rings is 3. The predicted molar refractivity (Wildman–Crippen MR) is 135 cm³/mol. The first-order chi connectivity index (χ1) is 18.2. The van der Waals surface area contributed by atoms with Gasteiger partial charge in [-0.05, 0) is 53.6 Å². The van der Waals surface area contributed by atoms with Crippen LogP contribution in [-0.4, -0.2) is 31.6 Å². The molecule has 0 aliphatic heterocycles. The van der Waals surface area contributed by atoms with Crippen molar-refractivity contribution < 1.29 is 22.4 Å². The number of hydrogen-bond donors (Lipinski definition) is 2. The number of anilines is 1. The Bertz CT molecular complexity index is 1620. The number of hydrogen-bond acceptors (Lipinski definition) is 4. The Morgan fingerprint density at radius 2 is 1.79 bits per heavy atom. The molecule has 38 heavy (non-hydrogen) atoms. The Hall–Kier alpha value is -4.51. The molecule has 2 aromatic heterocycles. The molecule has 0 aliphatic rings. The van der Waals surface area contributed by atoms with Crippen LogP contribution in [0.4, 0.5) is 23.4 Å². The molecule has 0 unspecified atom stereocenters. The van der Waals surface area contributed by atoms with E-state index in [9.17, 15) is 22.4 Å². The van der Waals surface area contributed by atoms with Crippen LogP contribution in [-0.2, 0) is 13.7 Å². The van der Waals surface area contributed by atoms with E-state index in [2.05, 4.69) is 15.5 Å². The molecule has 0 saturated heterocycles. The number of carbonyl (C=O) groups excluding carboxylic acids is 1. The summed E-state index contributed by atoms with van der Waals surface area (Å²) in [4.78, 5) is 13.4. The van der Waals surface area contributed by atoms with E-state index in [1.54, 1.807) is 60.4 Å². The van der Waals surface area contributed by atoms with E-state index >= 15 is 0 Å². The SMILES string of the molecule is Cn1ccc(-c2cc(C(=O)Nc3c4ccc([C@@H](N)C(F)(F)F)cc4nn3-c3ccccc3)ccc2CF)n1. The average molecular weight is 523 g/mol. The van der Waals surface area contributed by atoms with Gasteiger partial charge in [-0.25, -0.2) is 9.07 Å². The predicted octanol–water partition coefficient (Wildman–Crippen LogP) is 5.71. The Balaban J connectivity index is 1.57. The summed E-state index contributed by atoms with van der Waals surface area (Å²) in [6.07, 6.45) is -2.91. The number of aromatic nitrogens is 4. The first-order valence-corrected chi connectivity index (χ1v) is 11.6. The van der Waals surface area contributed by atoms with E-state index in [1.807, 2.05) is 0 Å². The second-order valence-electron chi connectivity index (χ2n) is 8.73. The molecule has 0 radical (unpaired) electrons. The fourth-order valence-electron chi connectivity index (χ4n) is 4.17. The highest BCUT2D eigenvalue weighted by Gasteiger charge is 2.38. The molecule has 3 N–H and O–H groups in total. The summed E-state index contributed by atoms with van der Waals surface area (Å²) < 4.78 is 56.3. The lowest BCUT2D eigenvalue weighted by molar-refractivity contribution is -0.149. The molecule has 11 heteroatoms. The van der Waals surface area contributed by atoms with Crippen LogP contribution in [0.5, 0.6) is 0 Å². The molecule has 3 aromatic carbocycles. The van der Waals surface area contributed by atoms with Gasteiger partial charge < -0.3 is 11.1 Å². The zero-order valence-electron chi connectivity index (χ0n) is 20.1. The van der Waals surface area contributed by atoms with Gasteiger partial charge in [0.2, 0.25) is 0 Å². The normalized spacial score (nSPS) is 12.6. The van der Waals surface area contributed by atoms with Crippen LogP contribution in [0.2, 0.25) is 0 Å². The van der Waals surface area contributed by atoms with Gasteiger partial charge in [-0.2, -0.15) is 23.4 Å². The number of nitrogens with zero attached hydrogens (tertiary/aromatic N) is 4. The second kappa shape index (κ2) is 9.75. The molecule has 0 spiro atoms. The molecule has 7 nitrogen and oxygen atoms in total. The van der Waals surface area contributed by atoms with E-state index in [4.69, 9.17) is 5.73 Å². The largest absolute Gasteiger partial charge is 0.407 e. The third-order valence-corrected chi connectivity index (χ3v) is 6.15. The first kappa shape index (κ1) is 25.2. The number of nitrogens with two attached hydrogens (primary N) is 1. The van der Waals surface area contributed by atoms with Gasteiger partial charge in [0.1, 0.15) is 18.5 Å². The lowest BCUT2D eigenvalue weighted by Crippen LogP contribution is -2.28. The van der Waals surface area contributed by atoms with Crippen molar-refractivity contribution in [3.8, 4) is 16.9 Å². The highest BCUT2D eigenvalue weighted by Crippen LogP contribution is 2.34. The number of halogens is 4. The zero-order valence-corrected chi connectivity index (χ0v) is 20.1. The van der Waals surface area contributed by atoms with Gasteiger partial charge in [-0.15, -0.1) is 0 Å². The van der Waals surface area contributed by atoms with Crippen molar-refractivity contribution in [2.75, 3.05) is 5.32 Å². The maximum absolute atomic E-state index is 13.7. The number of amides is 1. The number of carbonyl (C=O) groups is 1. The van der Waals surface area contributed by atoms with Crippen LogP contribution in [0.3, 0.4) is 0 Å². The van der Waals surface area contributed by atoms with Crippen LogP contribution in [0, 0.1) is 0 Å². The number of rotatable bonds is 6. The van der Waals surface area contributed by atoms with Crippen molar-refractivity contribution in [2.24, 2.45) is 12.8 Å². The number of alkyl halides is 4. The first-order valence-electron chi connectivity index (χ1n) is 11.6. The molecule has 2 heterocycles. The molecule has 5 rings (SSSR count). The van der Waals surface area contributed by atoms with Crippen LogP contribution in [0.25, 0.3) is 27.8 Å². The topological polar surface area (TPSA) is 90.8 Å². The van der Waals surface area contributed by atoms with Gasteiger partial charge in [-0.3, -0.25) is 9.48 Å². The Kier molecular flexibility index (Phi) is 6.45. The van der Waals surface area contributed by atoms with E-state index in [0.717, 1.165) is 0 Å².